The second-order valence-electron chi connectivity index (χ2n) is 3.96. The molecule has 0 heterocycles. The molecule has 0 radical (unpaired) electrons. The van der Waals surface area contributed by atoms with Gasteiger partial charge < -0.3 is 21.6 Å². The van der Waals surface area contributed by atoms with Gasteiger partial charge in [0.25, 0.3) is 0 Å². The number of thioether (sulfide) groups is 1. The molecule has 0 amide bonds. The Kier molecular flexibility index (Phi) is 7.36. The Hall–Kier alpha value is -0.590. The van der Waals surface area contributed by atoms with E-state index < -0.39 is 11.5 Å². The van der Waals surface area contributed by atoms with Gasteiger partial charge in [-0.2, -0.15) is 11.8 Å². The van der Waals surface area contributed by atoms with Crippen LogP contribution in [0.3, 0.4) is 0 Å². The second-order valence-corrected chi connectivity index (χ2v) is 5.07. The van der Waals surface area contributed by atoms with Crippen molar-refractivity contribution in [3.8, 4) is 0 Å². The molecule has 0 spiro atoms. The number of rotatable bonds is 9. The first-order chi connectivity index (χ1) is 7.45. The van der Waals surface area contributed by atoms with Gasteiger partial charge in [-0.05, 0) is 5.92 Å². The first-order valence-corrected chi connectivity index (χ1v) is 6.40. The summed E-state index contributed by atoms with van der Waals surface area (Å²) in [6.45, 7) is 4.95. The molecule has 0 unspecified atom stereocenters. The number of hydrogen-bond donors (Lipinski definition) is 4. The summed E-state index contributed by atoms with van der Waals surface area (Å²) < 4.78 is 0. The second kappa shape index (κ2) is 7.65. The maximum Gasteiger partial charge on any atom is 0.324 e. The number of carboxylic acids is 1. The van der Waals surface area contributed by atoms with E-state index in [0.717, 1.165) is 12.3 Å². The summed E-state index contributed by atoms with van der Waals surface area (Å²) in [5, 5.41) is 18.9. The van der Waals surface area contributed by atoms with Gasteiger partial charge in [0.15, 0.2) is 0 Å². The number of hydrogen-bond acceptors (Lipinski definition) is 5. The van der Waals surface area contributed by atoms with E-state index in [1.165, 1.54) is 18.0 Å². The molecule has 0 saturated carbocycles. The molecule has 0 aromatic heterocycles. The largest absolute Gasteiger partial charge is 0.480 e. The van der Waals surface area contributed by atoms with Crippen molar-refractivity contribution < 1.29 is 9.90 Å². The van der Waals surface area contributed by atoms with E-state index in [0.29, 0.717) is 12.3 Å². The average molecular weight is 247 g/mol. The van der Waals surface area contributed by atoms with Gasteiger partial charge in [0.2, 0.25) is 0 Å². The molecule has 5 nitrogen and oxygen atoms in total. The number of nitrogens with two attached hydrogens (primary N) is 1. The molecule has 0 bridgehead atoms. The van der Waals surface area contributed by atoms with Crippen LogP contribution >= 0.6 is 11.8 Å². The molecule has 94 valence electrons. The minimum absolute atomic E-state index is 0.0907. The molecule has 0 aromatic rings. The Labute approximate surface area is 101 Å². The smallest absolute Gasteiger partial charge is 0.324 e. The minimum atomic E-state index is -1.15. The highest BCUT2D eigenvalue weighted by molar-refractivity contribution is 7.99. The van der Waals surface area contributed by atoms with E-state index in [2.05, 4.69) is 5.32 Å². The normalized spacial score (nSPS) is 14.8. The van der Waals surface area contributed by atoms with E-state index in [1.54, 1.807) is 0 Å². The van der Waals surface area contributed by atoms with E-state index in [1.807, 2.05) is 13.8 Å². The van der Waals surface area contributed by atoms with Gasteiger partial charge in [-0.15, -0.1) is 0 Å². The topological polar surface area (TPSA) is 99.2 Å². The van der Waals surface area contributed by atoms with Gasteiger partial charge in [0.05, 0.1) is 0 Å². The average Bonchev–Trinajstić information content (AvgIpc) is 2.22. The summed E-state index contributed by atoms with van der Waals surface area (Å²) in [6.07, 6.45) is 1.29. The van der Waals surface area contributed by atoms with Crippen LogP contribution in [0.2, 0.25) is 0 Å². The molecule has 0 aromatic carbocycles. The quantitative estimate of drug-likeness (QED) is 0.349. The standard InChI is InChI=1S/C10H21N3O2S/c1-8(2)10(12,9(14)15)7-16-6-5-13-4-3-11/h3,8,11,13H,4-7,12H2,1-2H3,(H,14,15)/t10-/m1/s1. The third-order valence-corrected chi connectivity index (χ3v) is 3.61. The van der Waals surface area contributed by atoms with Gasteiger partial charge in [0.1, 0.15) is 5.54 Å². The zero-order valence-electron chi connectivity index (χ0n) is 9.82. The van der Waals surface area contributed by atoms with Crippen molar-refractivity contribution in [2.24, 2.45) is 11.7 Å². The lowest BCUT2D eigenvalue weighted by Gasteiger charge is -2.28. The first kappa shape index (κ1) is 15.4. The Morgan fingerprint density at radius 3 is 2.75 bits per heavy atom. The summed E-state index contributed by atoms with van der Waals surface area (Å²) in [5.74, 6) is 0.175. The predicted octanol–water partition coefficient (Wildman–Crippen LogP) is 0.397. The van der Waals surface area contributed by atoms with E-state index >= 15 is 0 Å². The Balaban J connectivity index is 3.87. The van der Waals surface area contributed by atoms with Gasteiger partial charge in [-0.1, -0.05) is 13.8 Å². The molecule has 0 aliphatic heterocycles. The third-order valence-electron chi connectivity index (χ3n) is 2.44. The van der Waals surface area contributed by atoms with Crippen molar-refractivity contribution >= 4 is 23.9 Å². The molecule has 0 aliphatic carbocycles. The van der Waals surface area contributed by atoms with Crippen molar-refractivity contribution in [1.29, 1.82) is 5.41 Å². The highest BCUT2D eigenvalue weighted by Gasteiger charge is 2.37. The number of nitrogens with one attached hydrogen (secondary N) is 2. The fourth-order valence-corrected chi connectivity index (χ4v) is 2.26. The van der Waals surface area contributed by atoms with Crippen LogP contribution in [0.15, 0.2) is 0 Å². The predicted molar refractivity (Wildman–Crippen MR) is 68.4 cm³/mol. The zero-order valence-corrected chi connectivity index (χ0v) is 10.6. The van der Waals surface area contributed by atoms with Gasteiger partial charge in [-0.3, -0.25) is 4.79 Å². The maximum atomic E-state index is 11.0. The van der Waals surface area contributed by atoms with Gasteiger partial charge >= 0.3 is 5.97 Å². The molecular formula is C10H21N3O2S. The van der Waals surface area contributed by atoms with E-state index in [4.69, 9.17) is 16.2 Å². The Bertz CT molecular complexity index is 236. The van der Waals surface area contributed by atoms with Crippen molar-refractivity contribution in [3.05, 3.63) is 0 Å². The van der Waals surface area contributed by atoms with Crippen LogP contribution in [0.25, 0.3) is 0 Å². The van der Waals surface area contributed by atoms with E-state index in [9.17, 15) is 4.79 Å². The molecule has 0 rings (SSSR count). The zero-order chi connectivity index (χ0) is 12.6. The SMILES string of the molecule is CC(C)[C@](N)(CSCCNCC=N)C(=O)O. The summed E-state index contributed by atoms with van der Waals surface area (Å²) >= 11 is 1.52. The van der Waals surface area contributed by atoms with E-state index in [-0.39, 0.29) is 5.92 Å². The monoisotopic (exact) mass is 247 g/mol. The van der Waals surface area contributed by atoms with Crippen LogP contribution in [0.1, 0.15) is 13.8 Å². The molecular weight excluding hydrogens is 226 g/mol. The van der Waals surface area contributed by atoms with Gasteiger partial charge in [0, 0.05) is 30.8 Å². The molecule has 1 atom stereocenters. The van der Waals surface area contributed by atoms with Gasteiger partial charge in [-0.25, -0.2) is 0 Å². The van der Waals surface area contributed by atoms with Crippen LogP contribution in [0.5, 0.6) is 0 Å². The lowest BCUT2D eigenvalue weighted by Crippen LogP contribution is -2.54. The molecule has 0 aliphatic rings. The fourth-order valence-electron chi connectivity index (χ4n) is 1.03. The first-order valence-electron chi connectivity index (χ1n) is 5.24. The molecule has 6 heteroatoms. The lowest BCUT2D eigenvalue weighted by atomic mass is 9.90. The van der Waals surface area contributed by atoms with Crippen molar-refractivity contribution in [1.82, 2.24) is 5.32 Å². The Morgan fingerprint density at radius 1 is 1.69 bits per heavy atom. The lowest BCUT2D eigenvalue weighted by molar-refractivity contribution is -0.144. The van der Waals surface area contributed by atoms with Crippen LogP contribution in [0.4, 0.5) is 0 Å². The number of aliphatic carboxylic acids is 1. The highest BCUT2D eigenvalue weighted by atomic mass is 32.2. The summed E-state index contributed by atoms with van der Waals surface area (Å²) in [6, 6.07) is 0. The molecule has 16 heavy (non-hydrogen) atoms. The third kappa shape index (κ3) is 4.96. The fraction of sp³-hybridized carbons (Fsp3) is 0.800. The molecule has 0 saturated heterocycles. The van der Waals surface area contributed by atoms with Crippen LogP contribution in [-0.2, 0) is 4.79 Å². The maximum absolute atomic E-state index is 11.0. The summed E-state index contributed by atoms with van der Waals surface area (Å²) in [4.78, 5) is 11.0. The van der Waals surface area contributed by atoms with Crippen LogP contribution in [0, 0.1) is 11.3 Å². The summed E-state index contributed by atoms with van der Waals surface area (Å²) in [5.41, 5.74) is 4.70. The van der Waals surface area contributed by atoms with Crippen molar-refractivity contribution in [2.75, 3.05) is 24.6 Å². The number of carboxylic acid groups (broad SMARTS) is 1. The molecule has 5 N–H and O–H groups in total. The minimum Gasteiger partial charge on any atom is -0.480 e. The molecule has 0 fully saturated rings. The summed E-state index contributed by atoms with van der Waals surface area (Å²) in [7, 11) is 0. The highest BCUT2D eigenvalue weighted by Crippen LogP contribution is 2.19. The Morgan fingerprint density at radius 2 is 2.31 bits per heavy atom. The van der Waals surface area contributed by atoms with Crippen molar-refractivity contribution in [2.45, 2.75) is 19.4 Å². The van der Waals surface area contributed by atoms with Crippen LogP contribution < -0.4 is 11.1 Å². The number of carbonyl (C=O) groups is 1. The van der Waals surface area contributed by atoms with Crippen molar-refractivity contribution in [3.63, 3.8) is 0 Å². The van der Waals surface area contributed by atoms with Crippen LogP contribution in [-0.4, -0.2) is 47.4 Å².